The van der Waals surface area contributed by atoms with Crippen molar-refractivity contribution in [2.24, 2.45) is 0 Å². The number of para-hydroxylation sites is 4. The summed E-state index contributed by atoms with van der Waals surface area (Å²) in [4.78, 5) is 9.50. The van der Waals surface area contributed by atoms with Gasteiger partial charge in [-0.25, -0.2) is 4.39 Å². The molecule has 0 aliphatic rings. The third kappa shape index (κ3) is 18.0. The van der Waals surface area contributed by atoms with Crippen LogP contribution in [0.1, 0.15) is 45.7 Å². The molecule has 2 unspecified atom stereocenters. The second kappa shape index (κ2) is 26.4. The van der Waals surface area contributed by atoms with E-state index < -0.39 is 15.1 Å². The number of hydrogen-bond donors (Lipinski definition) is 4. The zero-order chi connectivity index (χ0) is 40.3. The maximum absolute atomic E-state index is 12.3. The Hall–Kier alpha value is -5.39. The second-order valence-electron chi connectivity index (χ2n) is 11.6. The molecule has 55 heavy (non-hydrogen) atoms. The van der Waals surface area contributed by atoms with Gasteiger partial charge in [0.15, 0.2) is 0 Å². The molecular weight excluding hydrogens is 733 g/mol. The Labute approximate surface area is 328 Å². The summed E-state index contributed by atoms with van der Waals surface area (Å²) in [7, 11) is -1.92. The number of benzene rings is 6. The summed E-state index contributed by atoms with van der Waals surface area (Å²) in [6.45, 7) is 9.32. The molecule has 0 bridgehead atoms. The van der Waals surface area contributed by atoms with Crippen molar-refractivity contribution in [3.05, 3.63) is 192 Å². The lowest BCUT2D eigenvalue weighted by Gasteiger charge is -2.26. The molecular formula is C45H51FO7P2. The SMILES string of the molecule is CC.CC(C)(c1ccc(O)cc1)c1ccc(OPOc2ccccc2)cc1.CC=C(CF)P(O)Oc1ccccc1.Oc1ccccc1.Oc1ccccc1. The largest absolute Gasteiger partial charge is 0.508 e. The number of rotatable bonds is 10. The number of halogens is 1. The molecule has 0 aromatic heterocycles. The molecule has 0 aliphatic carbocycles. The van der Waals surface area contributed by atoms with Gasteiger partial charge in [-0.1, -0.05) is 131 Å². The predicted molar refractivity (Wildman–Crippen MR) is 226 cm³/mol. The average molecular weight is 785 g/mol. The molecule has 0 spiro atoms. The summed E-state index contributed by atoms with van der Waals surface area (Å²) in [6.07, 6.45) is 1.54. The molecule has 0 aliphatic heterocycles. The smallest absolute Gasteiger partial charge is 0.275 e. The first kappa shape index (κ1) is 45.8. The lowest BCUT2D eigenvalue weighted by molar-refractivity contribution is 0.474. The zero-order valence-electron chi connectivity index (χ0n) is 31.8. The monoisotopic (exact) mass is 784 g/mol. The van der Waals surface area contributed by atoms with Gasteiger partial charge < -0.3 is 33.8 Å². The Balaban J connectivity index is 0.000000290. The van der Waals surface area contributed by atoms with Gasteiger partial charge in [0, 0.05) is 10.7 Å². The van der Waals surface area contributed by atoms with Crippen molar-refractivity contribution < 1.29 is 38.2 Å². The van der Waals surface area contributed by atoms with Crippen LogP contribution in [0.3, 0.4) is 0 Å². The highest BCUT2D eigenvalue weighted by Crippen LogP contribution is 2.42. The van der Waals surface area contributed by atoms with Crippen molar-refractivity contribution in [1.29, 1.82) is 0 Å². The van der Waals surface area contributed by atoms with Crippen LogP contribution in [0.15, 0.2) is 181 Å². The normalized spacial score (nSPS) is 11.1. The number of phenolic OH excluding ortho intramolecular Hbond substituents is 3. The number of allylic oxidation sites excluding steroid dienone is 2. The van der Waals surface area contributed by atoms with Gasteiger partial charge in [-0.3, -0.25) is 0 Å². The van der Waals surface area contributed by atoms with Gasteiger partial charge in [-0.2, -0.15) is 0 Å². The van der Waals surface area contributed by atoms with Gasteiger partial charge in [0.2, 0.25) is 0 Å². The molecule has 0 saturated carbocycles. The average Bonchev–Trinajstić information content (AvgIpc) is 3.22. The Morgan fingerprint density at radius 3 is 1.27 bits per heavy atom. The molecule has 4 N–H and O–H groups in total. The summed E-state index contributed by atoms with van der Waals surface area (Å²) in [6, 6.07) is 51.3. The highest BCUT2D eigenvalue weighted by atomic mass is 31.2. The van der Waals surface area contributed by atoms with Crippen LogP contribution in [0, 0.1) is 0 Å². The van der Waals surface area contributed by atoms with Gasteiger partial charge in [-0.15, -0.1) is 0 Å². The highest BCUT2D eigenvalue weighted by molar-refractivity contribution is 7.51. The number of phenols is 3. The van der Waals surface area contributed by atoms with Crippen LogP contribution in [-0.2, 0) is 5.41 Å². The molecule has 6 rings (SSSR count). The van der Waals surface area contributed by atoms with E-state index in [-0.39, 0.29) is 20.2 Å². The van der Waals surface area contributed by atoms with Crippen LogP contribution in [0.5, 0.6) is 34.5 Å². The van der Waals surface area contributed by atoms with E-state index in [9.17, 15) is 14.4 Å². The second-order valence-corrected chi connectivity index (χ2v) is 13.4. The summed E-state index contributed by atoms with van der Waals surface area (Å²) in [5.74, 6) is 3.05. The number of alkyl halides is 1. The lowest BCUT2D eigenvalue weighted by atomic mass is 9.78. The maximum Gasteiger partial charge on any atom is 0.275 e. The minimum Gasteiger partial charge on any atom is -0.508 e. The fraction of sp³-hybridized carbons (Fsp3) is 0.156. The molecule has 0 fully saturated rings. The lowest BCUT2D eigenvalue weighted by Crippen LogP contribution is -2.18. The first-order chi connectivity index (χ1) is 26.6. The Morgan fingerprint density at radius 2 is 0.909 bits per heavy atom. The van der Waals surface area contributed by atoms with Crippen molar-refractivity contribution in [1.82, 2.24) is 0 Å². The van der Waals surface area contributed by atoms with Gasteiger partial charge in [0.25, 0.3) is 17.4 Å². The van der Waals surface area contributed by atoms with E-state index in [1.807, 2.05) is 86.6 Å². The van der Waals surface area contributed by atoms with Gasteiger partial charge in [0.05, 0.1) is 0 Å². The Kier molecular flexibility index (Phi) is 22.0. The van der Waals surface area contributed by atoms with Crippen LogP contribution < -0.4 is 13.6 Å². The molecule has 6 aromatic rings. The molecule has 0 radical (unpaired) electrons. The standard InChI is InChI=1S/C21H21O3P.C10H12FO2P.2C6H6O.C2H6/c1-21(2,16-8-12-18(22)13-9-16)17-10-14-20(15-11-17)24-25-23-19-6-4-3-5-7-19;1-2-10(8-11)14(12)13-9-6-4-3-5-7-9;2*7-6-4-2-1-3-5-6;1-2/h3-15,22,25H,1-2H3;2-7,12H,8H2,1H3;2*1-5,7H;1-2H3. The van der Waals surface area contributed by atoms with E-state index in [0.29, 0.717) is 22.6 Å². The predicted octanol–water partition coefficient (Wildman–Crippen LogP) is 12.7. The van der Waals surface area contributed by atoms with Gasteiger partial charge in [0.1, 0.15) is 41.2 Å². The maximum atomic E-state index is 12.3. The van der Waals surface area contributed by atoms with E-state index in [2.05, 4.69) is 26.0 Å². The van der Waals surface area contributed by atoms with E-state index >= 15 is 0 Å². The summed E-state index contributed by atoms with van der Waals surface area (Å²) in [5.41, 5.74) is 2.17. The van der Waals surface area contributed by atoms with E-state index in [1.165, 1.54) is 11.6 Å². The quantitative estimate of drug-likeness (QED) is 0.102. The Bertz CT molecular complexity index is 1830. The van der Waals surface area contributed by atoms with Crippen molar-refractivity contribution in [3.63, 3.8) is 0 Å². The first-order valence-electron chi connectivity index (χ1n) is 17.6. The topological polar surface area (TPSA) is 109 Å². The van der Waals surface area contributed by atoms with Crippen molar-refractivity contribution >= 4 is 17.4 Å². The fourth-order valence-electron chi connectivity index (χ4n) is 4.32. The molecule has 0 saturated heterocycles. The fourth-order valence-corrected chi connectivity index (χ4v) is 5.59. The molecule has 2 atom stereocenters. The van der Waals surface area contributed by atoms with Crippen molar-refractivity contribution in [2.45, 2.75) is 40.0 Å². The molecule has 10 heteroatoms. The van der Waals surface area contributed by atoms with Crippen LogP contribution in [-0.4, -0.2) is 26.9 Å². The molecule has 0 heterocycles. The third-order valence-corrected chi connectivity index (χ3v) is 9.28. The van der Waals surface area contributed by atoms with Crippen LogP contribution >= 0.6 is 17.4 Å². The third-order valence-electron chi connectivity index (χ3n) is 7.39. The van der Waals surface area contributed by atoms with E-state index in [0.717, 1.165) is 17.1 Å². The molecule has 7 nitrogen and oxygen atoms in total. The van der Waals surface area contributed by atoms with Crippen LogP contribution in [0.2, 0.25) is 0 Å². The zero-order valence-corrected chi connectivity index (χ0v) is 33.7. The molecule has 0 amide bonds. The van der Waals surface area contributed by atoms with Crippen LogP contribution in [0.4, 0.5) is 4.39 Å². The number of hydrogen-bond acceptors (Lipinski definition) is 7. The minimum atomic E-state index is -1.83. The van der Waals surface area contributed by atoms with E-state index in [1.54, 1.807) is 91.9 Å². The highest BCUT2D eigenvalue weighted by Gasteiger charge is 2.23. The van der Waals surface area contributed by atoms with Crippen molar-refractivity contribution in [2.75, 3.05) is 6.67 Å². The minimum absolute atomic E-state index is 0.0859. The summed E-state index contributed by atoms with van der Waals surface area (Å²) in [5, 5.41) is 27.0. The summed E-state index contributed by atoms with van der Waals surface area (Å²) < 4.78 is 28.7. The number of aromatic hydroxyl groups is 3. The summed E-state index contributed by atoms with van der Waals surface area (Å²) >= 11 is 0. The van der Waals surface area contributed by atoms with E-state index in [4.69, 9.17) is 23.8 Å². The first-order valence-corrected chi connectivity index (χ1v) is 19.6. The van der Waals surface area contributed by atoms with Gasteiger partial charge >= 0.3 is 0 Å². The molecule has 290 valence electrons. The Morgan fingerprint density at radius 1 is 0.564 bits per heavy atom. The van der Waals surface area contributed by atoms with Crippen LogP contribution in [0.25, 0.3) is 0 Å². The molecule has 6 aromatic carbocycles. The van der Waals surface area contributed by atoms with Crippen molar-refractivity contribution in [3.8, 4) is 34.5 Å². The van der Waals surface area contributed by atoms with Gasteiger partial charge in [-0.05, 0) is 90.8 Å².